The van der Waals surface area contributed by atoms with Gasteiger partial charge in [-0.15, -0.1) is 0 Å². The first-order valence-corrected chi connectivity index (χ1v) is 15.1. The van der Waals surface area contributed by atoms with E-state index < -0.39 is 12.1 Å². The Kier molecular flexibility index (Phi) is 26.6. The van der Waals surface area contributed by atoms with Crippen molar-refractivity contribution in [3.63, 3.8) is 0 Å². The van der Waals surface area contributed by atoms with Gasteiger partial charge in [0.15, 0.2) is 0 Å². The molecule has 0 spiro atoms. The lowest BCUT2D eigenvalue weighted by molar-refractivity contribution is -0.123. The van der Waals surface area contributed by atoms with Crippen LogP contribution in [-0.4, -0.2) is 34.9 Å². The molecule has 0 aliphatic carbocycles. The third kappa shape index (κ3) is 24.3. The van der Waals surface area contributed by atoms with E-state index in [4.69, 9.17) is 0 Å². The Bertz CT molecular complexity index is 503. The molecule has 0 saturated heterocycles. The maximum atomic E-state index is 12.2. The number of nitrogens with one attached hydrogen (secondary N) is 1. The third-order valence-corrected chi connectivity index (χ3v) is 6.69. The number of hydrogen-bond acceptors (Lipinski definition) is 3. The average Bonchev–Trinajstić information content (AvgIpc) is 2.86. The number of hydrogen-bond donors (Lipinski definition) is 3. The summed E-state index contributed by atoms with van der Waals surface area (Å²) in [6.07, 6.45) is 32.5. The number of carbonyl (C=O) groups is 1. The van der Waals surface area contributed by atoms with Crippen LogP contribution in [0.2, 0.25) is 0 Å². The van der Waals surface area contributed by atoms with Crippen molar-refractivity contribution in [2.75, 3.05) is 6.61 Å². The molecule has 0 radical (unpaired) electrons. The molecule has 35 heavy (non-hydrogen) atoms. The second-order valence-electron chi connectivity index (χ2n) is 10.2. The maximum absolute atomic E-state index is 12.2. The molecule has 0 bridgehead atoms. The van der Waals surface area contributed by atoms with E-state index in [0.29, 0.717) is 6.42 Å². The van der Waals surface area contributed by atoms with Crippen LogP contribution in [0.25, 0.3) is 0 Å². The topological polar surface area (TPSA) is 69.6 Å². The largest absolute Gasteiger partial charge is 0.394 e. The van der Waals surface area contributed by atoms with Crippen LogP contribution in [-0.2, 0) is 4.79 Å². The molecule has 0 aliphatic heterocycles. The van der Waals surface area contributed by atoms with Gasteiger partial charge in [0, 0.05) is 6.42 Å². The third-order valence-electron chi connectivity index (χ3n) is 6.69. The van der Waals surface area contributed by atoms with Gasteiger partial charge in [-0.3, -0.25) is 4.79 Å². The molecule has 0 aromatic heterocycles. The zero-order valence-corrected chi connectivity index (χ0v) is 23.3. The fraction of sp³-hybridized carbons (Fsp3) is 0.839. The van der Waals surface area contributed by atoms with Gasteiger partial charge in [-0.1, -0.05) is 134 Å². The minimum absolute atomic E-state index is 0.0783. The summed E-state index contributed by atoms with van der Waals surface area (Å²) in [5, 5.41) is 22.6. The SMILES string of the molecule is CCCCC/C=C/CC/C=C/C(O)C(CO)NC(=O)CCCCCCCCCCCCCCCC. The van der Waals surface area contributed by atoms with Crippen LogP contribution in [0.3, 0.4) is 0 Å². The van der Waals surface area contributed by atoms with Crippen molar-refractivity contribution in [3.05, 3.63) is 24.3 Å². The Hall–Kier alpha value is -1.13. The first-order valence-electron chi connectivity index (χ1n) is 15.1. The van der Waals surface area contributed by atoms with Crippen LogP contribution in [0, 0.1) is 0 Å². The van der Waals surface area contributed by atoms with Crippen molar-refractivity contribution >= 4 is 5.91 Å². The average molecular weight is 494 g/mol. The van der Waals surface area contributed by atoms with Crippen molar-refractivity contribution in [1.29, 1.82) is 0 Å². The Morgan fingerprint density at radius 1 is 0.657 bits per heavy atom. The van der Waals surface area contributed by atoms with Gasteiger partial charge in [-0.2, -0.15) is 0 Å². The van der Waals surface area contributed by atoms with Crippen molar-refractivity contribution in [2.45, 2.75) is 161 Å². The summed E-state index contributed by atoms with van der Waals surface area (Å²) >= 11 is 0. The predicted molar refractivity (Wildman–Crippen MR) is 152 cm³/mol. The molecule has 4 nitrogen and oxygen atoms in total. The summed E-state index contributed by atoms with van der Waals surface area (Å²) in [4.78, 5) is 12.2. The molecule has 0 fully saturated rings. The minimum atomic E-state index is -0.853. The molecule has 0 aromatic rings. The normalized spacial score (nSPS) is 13.6. The van der Waals surface area contributed by atoms with Gasteiger partial charge < -0.3 is 15.5 Å². The van der Waals surface area contributed by atoms with Gasteiger partial charge in [0.2, 0.25) is 5.91 Å². The monoisotopic (exact) mass is 493 g/mol. The van der Waals surface area contributed by atoms with Crippen molar-refractivity contribution in [1.82, 2.24) is 5.32 Å². The lowest BCUT2D eigenvalue weighted by Gasteiger charge is -2.19. The molecule has 0 saturated carbocycles. The molecule has 0 heterocycles. The summed E-state index contributed by atoms with van der Waals surface area (Å²) in [6, 6.07) is -0.630. The number of unbranched alkanes of at least 4 members (excludes halogenated alkanes) is 17. The van der Waals surface area contributed by atoms with E-state index in [1.54, 1.807) is 6.08 Å². The number of aliphatic hydroxyl groups is 2. The van der Waals surface area contributed by atoms with Crippen LogP contribution in [0.15, 0.2) is 24.3 Å². The lowest BCUT2D eigenvalue weighted by atomic mass is 10.0. The Morgan fingerprint density at radius 2 is 1.11 bits per heavy atom. The summed E-state index contributed by atoms with van der Waals surface area (Å²) in [5.74, 6) is -0.0783. The van der Waals surface area contributed by atoms with Crippen LogP contribution in [0.4, 0.5) is 0 Å². The quantitative estimate of drug-likeness (QED) is 0.0840. The van der Waals surface area contributed by atoms with E-state index in [0.717, 1.165) is 32.1 Å². The number of carbonyl (C=O) groups excluding carboxylic acids is 1. The highest BCUT2D eigenvalue weighted by Gasteiger charge is 2.17. The van der Waals surface area contributed by atoms with E-state index in [2.05, 4.69) is 31.3 Å². The molecule has 2 unspecified atom stereocenters. The standard InChI is InChI=1S/C31H59NO3/c1-3-5-7-9-11-13-14-15-16-17-19-21-23-25-27-31(35)32-29(28-33)30(34)26-24-22-20-18-12-10-8-6-4-2/h12,18,24,26,29-30,33-34H,3-11,13-17,19-23,25,27-28H2,1-2H3,(H,32,35)/b18-12+,26-24+. The van der Waals surface area contributed by atoms with E-state index in [9.17, 15) is 15.0 Å². The summed E-state index contributed by atoms with van der Waals surface area (Å²) in [6.45, 7) is 4.22. The van der Waals surface area contributed by atoms with E-state index in [-0.39, 0.29) is 12.5 Å². The summed E-state index contributed by atoms with van der Waals surface area (Å²) in [7, 11) is 0. The summed E-state index contributed by atoms with van der Waals surface area (Å²) < 4.78 is 0. The van der Waals surface area contributed by atoms with Gasteiger partial charge >= 0.3 is 0 Å². The molecule has 0 aliphatic rings. The maximum Gasteiger partial charge on any atom is 0.220 e. The second-order valence-corrected chi connectivity index (χ2v) is 10.2. The van der Waals surface area contributed by atoms with Crippen LogP contribution in [0.1, 0.15) is 149 Å². The predicted octanol–water partition coefficient (Wildman–Crippen LogP) is 8.17. The fourth-order valence-electron chi connectivity index (χ4n) is 4.31. The molecule has 206 valence electrons. The van der Waals surface area contributed by atoms with Crippen LogP contribution in [0.5, 0.6) is 0 Å². The lowest BCUT2D eigenvalue weighted by Crippen LogP contribution is -2.45. The van der Waals surface area contributed by atoms with E-state index in [1.165, 1.54) is 96.3 Å². The summed E-state index contributed by atoms with van der Waals surface area (Å²) in [5.41, 5.74) is 0. The molecular formula is C31H59NO3. The molecule has 0 aromatic carbocycles. The molecule has 4 heteroatoms. The van der Waals surface area contributed by atoms with Gasteiger partial charge in [0.25, 0.3) is 0 Å². The Labute approximate surface area is 218 Å². The van der Waals surface area contributed by atoms with E-state index in [1.807, 2.05) is 6.08 Å². The first-order chi connectivity index (χ1) is 17.2. The highest BCUT2D eigenvalue weighted by atomic mass is 16.3. The molecule has 3 N–H and O–H groups in total. The zero-order chi connectivity index (χ0) is 25.8. The fourth-order valence-corrected chi connectivity index (χ4v) is 4.31. The highest BCUT2D eigenvalue weighted by molar-refractivity contribution is 5.76. The molecule has 0 rings (SSSR count). The van der Waals surface area contributed by atoms with E-state index >= 15 is 0 Å². The van der Waals surface area contributed by atoms with Crippen LogP contribution < -0.4 is 5.32 Å². The zero-order valence-electron chi connectivity index (χ0n) is 23.3. The number of amides is 1. The molecule has 2 atom stereocenters. The van der Waals surface area contributed by atoms with Crippen molar-refractivity contribution in [3.8, 4) is 0 Å². The van der Waals surface area contributed by atoms with Gasteiger partial charge in [0.05, 0.1) is 18.8 Å². The Morgan fingerprint density at radius 3 is 1.66 bits per heavy atom. The van der Waals surface area contributed by atoms with Gasteiger partial charge in [-0.05, 0) is 32.1 Å². The number of aliphatic hydroxyl groups excluding tert-OH is 2. The van der Waals surface area contributed by atoms with Crippen molar-refractivity contribution in [2.24, 2.45) is 0 Å². The number of allylic oxidation sites excluding steroid dienone is 3. The second kappa shape index (κ2) is 27.5. The highest BCUT2D eigenvalue weighted by Crippen LogP contribution is 2.13. The van der Waals surface area contributed by atoms with Crippen LogP contribution >= 0.6 is 0 Å². The van der Waals surface area contributed by atoms with Gasteiger partial charge in [-0.25, -0.2) is 0 Å². The number of rotatable bonds is 26. The molecular weight excluding hydrogens is 434 g/mol. The Balaban J connectivity index is 3.68. The minimum Gasteiger partial charge on any atom is -0.394 e. The van der Waals surface area contributed by atoms with Gasteiger partial charge in [0.1, 0.15) is 0 Å². The molecule has 1 amide bonds. The first kappa shape index (κ1) is 33.9. The van der Waals surface area contributed by atoms with Crippen molar-refractivity contribution < 1.29 is 15.0 Å². The smallest absolute Gasteiger partial charge is 0.220 e.